The number of rotatable bonds is 8. The fourth-order valence-corrected chi connectivity index (χ4v) is 7.52. The van der Waals surface area contributed by atoms with Gasteiger partial charge in [0.2, 0.25) is 20.0 Å². The number of amides is 1. The molecule has 3 rings (SSSR count). The van der Waals surface area contributed by atoms with Gasteiger partial charge >= 0.3 is 5.97 Å². The SMILES string of the molecule is CS(=O)(=O)N1CCN(S(=O)(=O)c2ccc(Cl)c(Cl)c2)C1C(=O)NC(CC(=O)O)C1CCCCC1. The number of benzene rings is 1. The Morgan fingerprint density at radius 2 is 1.68 bits per heavy atom. The van der Waals surface area contributed by atoms with Crippen molar-refractivity contribution in [1.82, 2.24) is 13.9 Å². The van der Waals surface area contributed by atoms with Crippen molar-refractivity contribution in [3.63, 3.8) is 0 Å². The minimum Gasteiger partial charge on any atom is -0.481 e. The van der Waals surface area contributed by atoms with Gasteiger partial charge in [0.05, 0.1) is 27.6 Å². The number of hydrogen-bond acceptors (Lipinski definition) is 6. The first-order valence-corrected chi connectivity index (χ1v) is 14.8. The van der Waals surface area contributed by atoms with Crippen molar-refractivity contribution < 1.29 is 31.5 Å². The van der Waals surface area contributed by atoms with Crippen molar-refractivity contribution in [3.05, 3.63) is 28.2 Å². The van der Waals surface area contributed by atoms with Crippen LogP contribution >= 0.6 is 23.2 Å². The van der Waals surface area contributed by atoms with Crippen LogP contribution in [0.5, 0.6) is 0 Å². The van der Waals surface area contributed by atoms with Crippen molar-refractivity contribution in [3.8, 4) is 0 Å². The van der Waals surface area contributed by atoms with Gasteiger partial charge in [-0.1, -0.05) is 42.5 Å². The minimum absolute atomic E-state index is 0.0123. The van der Waals surface area contributed by atoms with Crippen LogP contribution in [0.1, 0.15) is 38.5 Å². The molecule has 1 aromatic rings. The van der Waals surface area contributed by atoms with E-state index in [2.05, 4.69) is 5.32 Å². The van der Waals surface area contributed by atoms with Crippen LogP contribution in [0.2, 0.25) is 10.0 Å². The average molecular weight is 556 g/mol. The Balaban J connectivity index is 1.96. The van der Waals surface area contributed by atoms with Gasteiger partial charge in [0.1, 0.15) is 0 Å². The Morgan fingerprint density at radius 3 is 2.24 bits per heavy atom. The third-order valence-electron chi connectivity index (χ3n) is 6.19. The summed E-state index contributed by atoms with van der Waals surface area (Å²) in [5.41, 5.74) is 0. The van der Waals surface area contributed by atoms with Crippen LogP contribution in [0.25, 0.3) is 0 Å². The molecule has 1 aliphatic carbocycles. The quantitative estimate of drug-likeness (QED) is 0.500. The minimum atomic E-state index is -4.34. The summed E-state index contributed by atoms with van der Waals surface area (Å²) in [5, 5.41) is 12.1. The van der Waals surface area contributed by atoms with Gasteiger partial charge in [-0.25, -0.2) is 16.8 Å². The standard InChI is InChI=1S/C20H27Cl2N3O7S2/c1-33(29,30)24-9-10-25(34(31,32)14-7-8-15(21)16(22)11-14)20(24)19(28)23-17(12-18(26)27)13-5-3-2-4-6-13/h7-8,11,13,17,20H,2-6,9-10,12H2,1H3,(H,23,28)(H,26,27). The molecule has 2 aliphatic rings. The normalized spacial score (nSPS) is 21.9. The Labute approximate surface area is 209 Å². The lowest BCUT2D eigenvalue weighted by atomic mass is 9.82. The zero-order chi connectivity index (χ0) is 25.3. The molecule has 1 aliphatic heterocycles. The van der Waals surface area contributed by atoms with E-state index >= 15 is 0 Å². The molecular weight excluding hydrogens is 529 g/mol. The second kappa shape index (κ2) is 10.7. The second-order valence-electron chi connectivity index (χ2n) is 8.55. The van der Waals surface area contributed by atoms with Gasteiger partial charge in [-0.05, 0) is 37.0 Å². The van der Waals surface area contributed by atoms with E-state index in [1.807, 2.05) is 0 Å². The lowest BCUT2D eigenvalue weighted by Crippen LogP contribution is -2.56. The summed E-state index contributed by atoms with van der Waals surface area (Å²) in [7, 11) is -8.31. The number of nitrogens with one attached hydrogen (secondary N) is 1. The molecule has 2 fully saturated rings. The van der Waals surface area contributed by atoms with E-state index in [1.54, 1.807) is 0 Å². The molecule has 1 heterocycles. The third-order valence-corrected chi connectivity index (χ3v) is 10.0. The Bertz CT molecular complexity index is 1150. The molecule has 0 bridgehead atoms. The molecule has 0 radical (unpaired) electrons. The summed E-state index contributed by atoms with van der Waals surface area (Å²) in [6.45, 7) is -0.495. The maximum Gasteiger partial charge on any atom is 0.305 e. The molecule has 1 saturated heterocycles. The number of sulfonamides is 2. The van der Waals surface area contributed by atoms with Crippen LogP contribution in [0.3, 0.4) is 0 Å². The van der Waals surface area contributed by atoms with E-state index in [1.165, 1.54) is 12.1 Å². The number of aliphatic carboxylic acids is 1. The van der Waals surface area contributed by atoms with Gasteiger partial charge in [-0.15, -0.1) is 0 Å². The van der Waals surface area contributed by atoms with Gasteiger partial charge in [-0.2, -0.15) is 8.61 Å². The summed E-state index contributed by atoms with van der Waals surface area (Å²) in [6.07, 6.45) is 3.10. The summed E-state index contributed by atoms with van der Waals surface area (Å²) in [5.74, 6) is -2.09. The van der Waals surface area contributed by atoms with E-state index in [-0.39, 0.29) is 40.4 Å². The first-order chi connectivity index (χ1) is 15.8. The van der Waals surface area contributed by atoms with Gasteiger partial charge < -0.3 is 10.4 Å². The zero-order valence-corrected chi connectivity index (χ0v) is 21.6. The summed E-state index contributed by atoms with van der Waals surface area (Å²) >= 11 is 11.9. The third kappa shape index (κ3) is 6.03. The van der Waals surface area contributed by atoms with E-state index in [9.17, 15) is 31.5 Å². The van der Waals surface area contributed by atoms with Gasteiger partial charge in [-0.3, -0.25) is 9.59 Å². The monoisotopic (exact) mass is 555 g/mol. The predicted molar refractivity (Wildman–Crippen MR) is 126 cm³/mol. The fourth-order valence-electron chi connectivity index (χ4n) is 4.54. The van der Waals surface area contributed by atoms with Crippen molar-refractivity contribution in [1.29, 1.82) is 0 Å². The molecule has 1 saturated carbocycles. The number of hydrogen-bond donors (Lipinski definition) is 2. The van der Waals surface area contributed by atoms with Crippen LogP contribution in [0, 0.1) is 5.92 Å². The number of halogens is 2. The van der Waals surface area contributed by atoms with E-state index in [4.69, 9.17) is 23.2 Å². The molecule has 34 heavy (non-hydrogen) atoms. The summed E-state index contributed by atoms with van der Waals surface area (Å²) < 4.78 is 53.2. The molecular formula is C20H27Cl2N3O7S2. The second-order valence-corrected chi connectivity index (χ2v) is 13.2. The highest BCUT2D eigenvalue weighted by Crippen LogP contribution is 2.32. The number of carboxylic acid groups (broad SMARTS) is 1. The number of nitrogens with zero attached hydrogens (tertiary/aromatic N) is 2. The van der Waals surface area contributed by atoms with Crippen molar-refractivity contribution >= 4 is 55.1 Å². The van der Waals surface area contributed by atoms with Crippen molar-refractivity contribution in [2.75, 3.05) is 19.3 Å². The van der Waals surface area contributed by atoms with Gasteiger partial charge in [0.15, 0.2) is 6.17 Å². The summed E-state index contributed by atoms with van der Waals surface area (Å²) in [6, 6.07) is 2.90. The zero-order valence-electron chi connectivity index (χ0n) is 18.5. The van der Waals surface area contributed by atoms with Crippen molar-refractivity contribution in [2.24, 2.45) is 5.92 Å². The Hall–Kier alpha value is -1.44. The van der Waals surface area contributed by atoms with Gasteiger partial charge in [0.25, 0.3) is 5.91 Å². The van der Waals surface area contributed by atoms with E-state index < -0.39 is 44.1 Å². The van der Waals surface area contributed by atoms with Crippen LogP contribution < -0.4 is 5.32 Å². The maximum atomic E-state index is 13.4. The van der Waals surface area contributed by atoms with E-state index in [0.717, 1.165) is 53.0 Å². The molecule has 1 aromatic carbocycles. The maximum absolute atomic E-state index is 13.4. The van der Waals surface area contributed by atoms with Gasteiger partial charge in [0, 0.05) is 19.1 Å². The molecule has 10 nitrogen and oxygen atoms in total. The topological polar surface area (TPSA) is 141 Å². The number of carbonyl (C=O) groups excluding carboxylic acids is 1. The molecule has 190 valence electrons. The smallest absolute Gasteiger partial charge is 0.305 e. The molecule has 0 aromatic heterocycles. The highest BCUT2D eigenvalue weighted by Gasteiger charge is 2.48. The number of carbonyl (C=O) groups is 2. The largest absolute Gasteiger partial charge is 0.481 e. The average Bonchev–Trinajstić information content (AvgIpc) is 3.22. The molecule has 0 spiro atoms. The predicted octanol–water partition coefficient (Wildman–Crippen LogP) is 2.13. The van der Waals surface area contributed by atoms with Crippen LogP contribution in [-0.4, -0.2) is 74.0 Å². The molecule has 14 heteroatoms. The van der Waals surface area contributed by atoms with Crippen molar-refractivity contribution in [2.45, 2.75) is 55.6 Å². The summed E-state index contributed by atoms with van der Waals surface area (Å²) in [4.78, 5) is 24.6. The highest BCUT2D eigenvalue weighted by molar-refractivity contribution is 7.89. The molecule has 2 N–H and O–H groups in total. The first kappa shape index (κ1) is 27.2. The van der Waals surface area contributed by atoms with Crippen LogP contribution in [-0.2, 0) is 29.6 Å². The van der Waals surface area contributed by atoms with Crippen LogP contribution in [0.4, 0.5) is 0 Å². The Morgan fingerprint density at radius 1 is 1.06 bits per heavy atom. The highest BCUT2D eigenvalue weighted by atomic mass is 35.5. The Kier molecular flexibility index (Phi) is 8.52. The first-order valence-electron chi connectivity index (χ1n) is 10.8. The lowest BCUT2D eigenvalue weighted by molar-refractivity contribution is -0.138. The van der Waals surface area contributed by atoms with E-state index in [0.29, 0.717) is 0 Å². The molecule has 2 unspecified atom stereocenters. The molecule has 1 amide bonds. The number of carboxylic acids is 1. The lowest BCUT2D eigenvalue weighted by Gasteiger charge is -2.33. The molecule has 2 atom stereocenters. The fraction of sp³-hybridized carbons (Fsp3) is 0.600. The van der Waals surface area contributed by atoms with Crippen LogP contribution in [0.15, 0.2) is 23.1 Å².